The molecule has 0 bridgehead atoms. The van der Waals surface area contributed by atoms with Crippen LogP contribution in [0, 0.1) is 0 Å². The molecule has 0 saturated carbocycles. The number of nitrogens with zero attached hydrogens (tertiary/aromatic N) is 1. The Morgan fingerprint density at radius 2 is 1.64 bits per heavy atom. The van der Waals surface area contributed by atoms with Gasteiger partial charge in [0, 0.05) is 35.5 Å². The molecule has 0 fully saturated rings. The highest BCUT2D eigenvalue weighted by Crippen LogP contribution is 2.16. The maximum absolute atomic E-state index is 11.8. The molecule has 2 aromatic rings. The van der Waals surface area contributed by atoms with Crippen LogP contribution >= 0.6 is 11.3 Å². The summed E-state index contributed by atoms with van der Waals surface area (Å²) in [4.78, 5) is 18.7. The van der Waals surface area contributed by atoms with Crippen LogP contribution in [0.5, 0.6) is 0 Å². The molecular weight excluding hydrogens is 332 g/mol. The molecule has 0 saturated heterocycles. The van der Waals surface area contributed by atoms with E-state index in [0.29, 0.717) is 18.7 Å². The molecule has 0 aliphatic carbocycles. The predicted molar refractivity (Wildman–Crippen MR) is 105 cm³/mol. The standard InChI is InChI=1S/C19H26N4OS/c1-4-16-10-11-17(25-16)13-23-19(20-3)22-12-14-6-8-15(9-7-14)18(24)21-5-2/h6-11H,4-5,12-13H2,1-3H3,(H,21,24)(H2,20,22,23). The van der Waals surface area contributed by atoms with Gasteiger partial charge in [0.1, 0.15) is 0 Å². The third kappa shape index (κ3) is 5.90. The summed E-state index contributed by atoms with van der Waals surface area (Å²) >= 11 is 1.82. The van der Waals surface area contributed by atoms with Crippen molar-refractivity contribution >= 4 is 23.2 Å². The van der Waals surface area contributed by atoms with Gasteiger partial charge in [0.25, 0.3) is 5.91 Å². The Morgan fingerprint density at radius 1 is 0.960 bits per heavy atom. The van der Waals surface area contributed by atoms with Crippen molar-refractivity contribution in [3.63, 3.8) is 0 Å². The molecule has 134 valence electrons. The van der Waals surface area contributed by atoms with Crippen molar-refractivity contribution in [1.82, 2.24) is 16.0 Å². The van der Waals surface area contributed by atoms with E-state index in [2.05, 4.69) is 40.0 Å². The molecule has 25 heavy (non-hydrogen) atoms. The lowest BCUT2D eigenvalue weighted by atomic mass is 10.1. The van der Waals surface area contributed by atoms with Crippen LogP contribution in [0.3, 0.4) is 0 Å². The van der Waals surface area contributed by atoms with E-state index in [4.69, 9.17) is 0 Å². The molecule has 0 atom stereocenters. The van der Waals surface area contributed by atoms with Crippen molar-refractivity contribution in [2.24, 2.45) is 4.99 Å². The third-order valence-corrected chi connectivity index (χ3v) is 4.96. The predicted octanol–water partition coefficient (Wildman–Crippen LogP) is 2.93. The molecule has 0 aliphatic rings. The summed E-state index contributed by atoms with van der Waals surface area (Å²) in [6.45, 7) is 6.13. The van der Waals surface area contributed by atoms with Crippen LogP contribution in [0.1, 0.15) is 39.5 Å². The van der Waals surface area contributed by atoms with Gasteiger partial charge in [-0.1, -0.05) is 19.1 Å². The first-order chi connectivity index (χ1) is 12.2. The first-order valence-corrected chi connectivity index (χ1v) is 9.37. The number of hydrogen-bond acceptors (Lipinski definition) is 3. The Balaban J connectivity index is 1.82. The van der Waals surface area contributed by atoms with Gasteiger partial charge in [-0.05, 0) is 43.2 Å². The molecule has 0 unspecified atom stereocenters. The number of rotatable bonds is 7. The fourth-order valence-corrected chi connectivity index (χ4v) is 3.22. The highest BCUT2D eigenvalue weighted by molar-refractivity contribution is 7.11. The number of carbonyl (C=O) groups is 1. The highest BCUT2D eigenvalue weighted by Gasteiger charge is 2.05. The molecule has 3 N–H and O–H groups in total. The molecule has 6 heteroatoms. The average Bonchev–Trinajstić information content (AvgIpc) is 3.10. The third-order valence-electron chi connectivity index (χ3n) is 3.73. The van der Waals surface area contributed by atoms with Gasteiger partial charge < -0.3 is 16.0 Å². The van der Waals surface area contributed by atoms with Crippen molar-refractivity contribution in [2.45, 2.75) is 33.4 Å². The average molecular weight is 359 g/mol. The highest BCUT2D eigenvalue weighted by atomic mass is 32.1. The molecular formula is C19H26N4OS. The molecule has 0 radical (unpaired) electrons. The van der Waals surface area contributed by atoms with Crippen LogP contribution in [-0.4, -0.2) is 25.5 Å². The second kappa shape index (κ2) is 9.84. The second-order valence-electron chi connectivity index (χ2n) is 5.56. The van der Waals surface area contributed by atoms with E-state index in [-0.39, 0.29) is 5.91 Å². The van der Waals surface area contributed by atoms with E-state index < -0.39 is 0 Å². The molecule has 1 aromatic carbocycles. The number of aliphatic imine (C=N–C) groups is 1. The van der Waals surface area contributed by atoms with E-state index >= 15 is 0 Å². The van der Waals surface area contributed by atoms with Gasteiger partial charge >= 0.3 is 0 Å². The van der Waals surface area contributed by atoms with Gasteiger partial charge in [-0.2, -0.15) is 0 Å². The van der Waals surface area contributed by atoms with Crippen LogP contribution in [0.25, 0.3) is 0 Å². The molecule has 1 heterocycles. The van der Waals surface area contributed by atoms with Crippen molar-refractivity contribution in [3.05, 3.63) is 57.3 Å². The minimum atomic E-state index is -0.0399. The molecule has 1 aromatic heterocycles. The number of carbonyl (C=O) groups excluding carboxylic acids is 1. The number of aryl methyl sites for hydroxylation is 1. The quantitative estimate of drug-likeness (QED) is 0.527. The molecule has 0 aliphatic heterocycles. The van der Waals surface area contributed by atoms with Gasteiger partial charge in [0.05, 0.1) is 6.54 Å². The van der Waals surface area contributed by atoms with Crippen LogP contribution in [0.2, 0.25) is 0 Å². The van der Waals surface area contributed by atoms with Crippen molar-refractivity contribution in [3.8, 4) is 0 Å². The van der Waals surface area contributed by atoms with Gasteiger partial charge in [-0.15, -0.1) is 11.3 Å². The number of amides is 1. The van der Waals surface area contributed by atoms with Gasteiger partial charge in [0.15, 0.2) is 5.96 Å². The topological polar surface area (TPSA) is 65.5 Å². The largest absolute Gasteiger partial charge is 0.352 e. The van der Waals surface area contributed by atoms with Crippen molar-refractivity contribution < 1.29 is 4.79 Å². The first-order valence-electron chi connectivity index (χ1n) is 8.55. The monoisotopic (exact) mass is 358 g/mol. The summed E-state index contributed by atoms with van der Waals surface area (Å²) < 4.78 is 0. The second-order valence-corrected chi connectivity index (χ2v) is 6.81. The van der Waals surface area contributed by atoms with Crippen LogP contribution in [0.15, 0.2) is 41.4 Å². The van der Waals surface area contributed by atoms with E-state index in [1.54, 1.807) is 7.05 Å². The number of thiophene rings is 1. The Labute approximate surface area is 153 Å². The lowest BCUT2D eigenvalue weighted by Crippen LogP contribution is -2.36. The summed E-state index contributed by atoms with van der Waals surface area (Å²) in [5.41, 5.74) is 1.78. The van der Waals surface area contributed by atoms with E-state index in [0.717, 1.165) is 24.5 Å². The number of guanidine groups is 1. The maximum atomic E-state index is 11.8. The van der Waals surface area contributed by atoms with Crippen LogP contribution in [-0.2, 0) is 19.5 Å². The lowest BCUT2D eigenvalue weighted by molar-refractivity contribution is 0.0956. The summed E-state index contributed by atoms with van der Waals surface area (Å²) in [6, 6.07) is 11.9. The Kier molecular flexibility index (Phi) is 7.47. The summed E-state index contributed by atoms with van der Waals surface area (Å²) in [5.74, 6) is 0.723. The summed E-state index contributed by atoms with van der Waals surface area (Å²) in [7, 11) is 1.76. The fraction of sp³-hybridized carbons (Fsp3) is 0.368. The van der Waals surface area contributed by atoms with Crippen molar-refractivity contribution in [2.75, 3.05) is 13.6 Å². The minimum Gasteiger partial charge on any atom is -0.352 e. The Bertz CT molecular complexity index is 706. The van der Waals surface area contributed by atoms with Crippen LogP contribution < -0.4 is 16.0 Å². The lowest BCUT2D eigenvalue weighted by Gasteiger charge is -2.11. The molecule has 2 rings (SSSR count). The van der Waals surface area contributed by atoms with E-state index in [9.17, 15) is 4.79 Å². The number of nitrogens with one attached hydrogen (secondary N) is 3. The SMILES string of the molecule is CCNC(=O)c1ccc(CNC(=NC)NCc2ccc(CC)s2)cc1. The molecule has 5 nitrogen and oxygen atoms in total. The van der Waals surface area contributed by atoms with Crippen molar-refractivity contribution in [1.29, 1.82) is 0 Å². The maximum Gasteiger partial charge on any atom is 0.251 e. The summed E-state index contributed by atoms with van der Waals surface area (Å²) in [6.07, 6.45) is 1.07. The Hall–Kier alpha value is -2.34. The fourth-order valence-electron chi connectivity index (χ4n) is 2.32. The van der Waals surface area contributed by atoms with Gasteiger partial charge in [0.2, 0.25) is 0 Å². The smallest absolute Gasteiger partial charge is 0.251 e. The van der Waals surface area contributed by atoms with Gasteiger partial charge in [-0.3, -0.25) is 9.79 Å². The van der Waals surface area contributed by atoms with E-state index in [1.165, 1.54) is 9.75 Å². The van der Waals surface area contributed by atoms with Gasteiger partial charge in [-0.25, -0.2) is 0 Å². The molecule has 0 spiro atoms. The minimum absolute atomic E-state index is 0.0399. The first kappa shape index (κ1) is 19.0. The zero-order valence-electron chi connectivity index (χ0n) is 15.1. The number of benzene rings is 1. The number of hydrogen-bond donors (Lipinski definition) is 3. The zero-order chi connectivity index (χ0) is 18.1. The van der Waals surface area contributed by atoms with E-state index in [1.807, 2.05) is 42.5 Å². The normalized spacial score (nSPS) is 11.2. The zero-order valence-corrected chi connectivity index (χ0v) is 15.9. The Morgan fingerprint density at radius 3 is 2.24 bits per heavy atom. The summed E-state index contributed by atoms with van der Waals surface area (Å²) in [5, 5.41) is 9.41. The van der Waals surface area contributed by atoms with Crippen LogP contribution in [0.4, 0.5) is 0 Å². The molecule has 1 amide bonds.